The highest BCUT2D eigenvalue weighted by atomic mass is 32.1. The average molecular weight is 748 g/mol. The summed E-state index contributed by atoms with van der Waals surface area (Å²) in [6.07, 6.45) is 0. The van der Waals surface area contributed by atoms with Crippen LogP contribution in [0.3, 0.4) is 0 Å². The monoisotopic (exact) mass is 747 g/mol. The summed E-state index contributed by atoms with van der Waals surface area (Å²) in [5, 5.41) is 6.63. The molecule has 0 unspecified atom stereocenters. The largest absolute Gasteiger partial charge is 0.455 e. The summed E-state index contributed by atoms with van der Waals surface area (Å²) in [4.78, 5) is 15.4. The molecule has 0 spiro atoms. The Labute approximate surface area is 330 Å². The van der Waals surface area contributed by atoms with E-state index in [0.717, 1.165) is 66.1 Å². The van der Waals surface area contributed by atoms with Crippen molar-refractivity contribution in [3.05, 3.63) is 176 Å². The number of hydrogen-bond acceptors (Lipinski definition) is 6. The minimum Gasteiger partial charge on any atom is -0.455 e. The number of fused-ring (bicyclic) bond motifs is 9. The normalized spacial score (nSPS) is 11.9. The third kappa shape index (κ3) is 4.98. The Hall–Kier alpha value is -7.41. The number of aromatic nitrogens is 3. The summed E-state index contributed by atoms with van der Waals surface area (Å²) in [5.41, 5.74) is 10.3. The van der Waals surface area contributed by atoms with Gasteiger partial charge in [0, 0.05) is 47.3 Å². The van der Waals surface area contributed by atoms with Crippen LogP contribution in [0.15, 0.2) is 185 Å². The first-order valence-electron chi connectivity index (χ1n) is 18.9. The van der Waals surface area contributed by atoms with E-state index in [-0.39, 0.29) is 0 Å². The Bertz CT molecular complexity index is 3530. The Morgan fingerprint density at radius 3 is 1.65 bits per heavy atom. The van der Waals surface area contributed by atoms with Gasteiger partial charge in [0.05, 0.1) is 11.1 Å². The minimum atomic E-state index is 0.525. The summed E-state index contributed by atoms with van der Waals surface area (Å²) >= 11 is 1.85. The van der Waals surface area contributed by atoms with Crippen molar-refractivity contribution in [2.45, 2.75) is 0 Å². The molecule has 0 fully saturated rings. The smallest absolute Gasteiger partial charge is 0.167 e. The molecule has 5 nitrogen and oxygen atoms in total. The Kier molecular flexibility index (Phi) is 7.03. The maximum atomic E-state index is 6.86. The van der Waals surface area contributed by atoms with E-state index in [4.69, 9.17) is 23.8 Å². The van der Waals surface area contributed by atoms with Crippen molar-refractivity contribution in [3.63, 3.8) is 0 Å². The van der Waals surface area contributed by atoms with Gasteiger partial charge in [-0.1, -0.05) is 146 Å². The van der Waals surface area contributed by atoms with E-state index >= 15 is 0 Å². The van der Waals surface area contributed by atoms with Gasteiger partial charge in [0.1, 0.15) is 22.3 Å². The first-order valence-corrected chi connectivity index (χ1v) is 19.8. The van der Waals surface area contributed by atoms with Gasteiger partial charge in [0.25, 0.3) is 0 Å². The first-order chi connectivity index (χ1) is 28.3. The predicted octanol–water partition coefficient (Wildman–Crippen LogP) is 14.4. The molecule has 0 N–H and O–H groups in total. The van der Waals surface area contributed by atoms with Crippen LogP contribution < -0.4 is 0 Å². The van der Waals surface area contributed by atoms with E-state index in [0.29, 0.717) is 17.5 Å². The fraction of sp³-hybridized carbons (Fsp3) is 0. The lowest BCUT2D eigenvalue weighted by atomic mass is 9.92. The average Bonchev–Trinajstić information content (AvgIpc) is 3.98. The number of rotatable bonds is 5. The molecular weight excluding hydrogens is 719 g/mol. The second-order valence-electron chi connectivity index (χ2n) is 14.2. The molecule has 0 aliphatic heterocycles. The molecule has 266 valence electrons. The maximum absolute atomic E-state index is 6.86. The van der Waals surface area contributed by atoms with Crippen LogP contribution in [0.1, 0.15) is 0 Å². The zero-order valence-corrected chi connectivity index (χ0v) is 31.1. The van der Waals surface area contributed by atoms with Crippen LogP contribution in [0.2, 0.25) is 0 Å². The summed E-state index contributed by atoms with van der Waals surface area (Å²) < 4.78 is 15.9. The summed E-state index contributed by atoms with van der Waals surface area (Å²) in [7, 11) is 0. The summed E-state index contributed by atoms with van der Waals surface area (Å²) in [5.74, 6) is 1.63. The van der Waals surface area contributed by atoms with E-state index in [1.165, 1.54) is 36.9 Å². The maximum Gasteiger partial charge on any atom is 0.167 e. The number of nitrogens with zero attached hydrogens (tertiary/aromatic N) is 3. The zero-order valence-electron chi connectivity index (χ0n) is 30.3. The number of benzene rings is 8. The molecule has 12 rings (SSSR count). The van der Waals surface area contributed by atoms with Gasteiger partial charge in [-0.25, -0.2) is 15.0 Å². The van der Waals surface area contributed by atoms with Gasteiger partial charge in [-0.15, -0.1) is 11.3 Å². The van der Waals surface area contributed by atoms with Crippen molar-refractivity contribution in [1.82, 2.24) is 15.0 Å². The van der Waals surface area contributed by atoms with Crippen molar-refractivity contribution < 1.29 is 8.83 Å². The second kappa shape index (κ2) is 12.6. The topological polar surface area (TPSA) is 65.0 Å². The van der Waals surface area contributed by atoms with Gasteiger partial charge in [-0.3, -0.25) is 0 Å². The van der Waals surface area contributed by atoms with Crippen LogP contribution in [0, 0.1) is 0 Å². The van der Waals surface area contributed by atoms with E-state index < -0.39 is 0 Å². The van der Waals surface area contributed by atoms with Gasteiger partial charge >= 0.3 is 0 Å². The van der Waals surface area contributed by atoms with Crippen LogP contribution >= 0.6 is 11.3 Å². The van der Waals surface area contributed by atoms with Crippen LogP contribution in [-0.4, -0.2) is 15.0 Å². The van der Waals surface area contributed by atoms with E-state index in [1.807, 2.05) is 78.1 Å². The molecular formula is C51H29N3O2S. The van der Waals surface area contributed by atoms with Gasteiger partial charge < -0.3 is 8.83 Å². The highest BCUT2D eigenvalue weighted by Crippen LogP contribution is 2.48. The molecule has 0 atom stereocenters. The number of furan rings is 2. The first kappa shape index (κ1) is 31.9. The summed E-state index contributed by atoms with van der Waals surface area (Å²) in [6, 6.07) is 60.8. The van der Waals surface area contributed by atoms with E-state index in [9.17, 15) is 0 Å². The van der Waals surface area contributed by atoms with Gasteiger partial charge in [-0.05, 0) is 52.6 Å². The molecule has 12 aromatic rings. The van der Waals surface area contributed by atoms with Gasteiger partial charge in [0.2, 0.25) is 0 Å². The molecule has 0 amide bonds. The summed E-state index contributed by atoms with van der Waals surface area (Å²) in [6.45, 7) is 0. The molecule has 4 heterocycles. The molecule has 0 saturated heterocycles. The van der Waals surface area contributed by atoms with Crippen molar-refractivity contribution in [2.24, 2.45) is 0 Å². The molecule has 0 bridgehead atoms. The third-order valence-corrected chi connectivity index (χ3v) is 12.2. The highest BCUT2D eigenvalue weighted by molar-refractivity contribution is 7.26. The third-order valence-electron chi connectivity index (χ3n) is 11.0. The molecule has 0 aliphatic rings. The van der Waals surface area contributed by atoms with Crippen molar-refractivity contribution in [2.75, 3.05) is 0 Å². The Morgan fingerprint density at radius 2 is 0.860 bits per heavy atom. The number of thiophene rings is 1. The van der Waals surface area contributed by atoms with Crippen LogP contribution in [-0.2, 0) is 0 Å². The van der Waals surface area contributed by atoms with E-state index in [2.05, 4.69) is 109 Å². The zero-order chi connectivity index (χ0) is 37.5. The molecule has 57 heavy (non-hydrogen) atoms. The predicted molar refractivity (Wildman–Crippen MR) is 234 cm³/mol. The van der Waals surface area contributed by atoms with Gasteiger partial charge in [0.15, 0.2) is 17.5 Å². The molecule has 0 aliphatic carbocycles. The molecule has 4 aromatic heterocycles. The standard InChI is InChI=1S/C51H29N3O2S/c1-3-14-30(15-4-1)32-28-29-35(45-37-19-8-10-27-43(37)57-48(32)45)34-20-13-26-42-44(34)38-22-12-24-40(47(38)56-42)51-53-49(31-16-5-2-6-17-31)52-50(54-51)39-23-11-21-36-33-18-7-9-25-41(33)55-46(36)39/h1-29H. The van der Waals surface area contributed by atoms with Crippen molar-refractivity contribution in [1.29, 1.82) is 0 Å². The van der Waals surface area contributed by atoms with Crippen LogP contribution in [0.25, 0.3) is 120 Å². The van der Waals surface area contributed by atoms with E-state index in [1.54, 1.807) is 0 Å². The minimum absolute atomic E-state index is 0.525. The second-order valence-corrected chi connectivity index (χ2v) is 15.3. The lowest BCUT2D eigenvalue weighted by Gasteiger charge is -2.11. The lowest BCUT2D eigenvalue weighted by molar-refractivity contribution is 0.669. The molecule has 0 radical (unpaired) electrons. The Balaban J connectivity index is 1.10. The van der Waals surface area contributed by atoms with Crippen molar-refractivity contribution >= 4 is 75.4 Å². The quantitative estimate of drug-likeness (QED) is 0.175. The van der Waals surface area contributed by atoms with Crippen LogP contribution in [0.4, 0.5) is 0 Å². The number of para-hydroxylation sites is 3. The highest BCUT2D eigenvalue weighted by Gasteiger charge is 2.23. The fourth-order valence-electron chi connectivity index (χ4n) is 8.40. The Morgan fingerprint density at radius 1 is 0.333 bits per heavy atom. The van der Waals surface area contributed by atoms with Crippen LogP contribution in [0.5, 0.6) is 0 Å². The molecule has 0 saturated carbocycles. The molecule has 6 heteroatoms. The fourth-order valence-corrected chi connectivity index (χ4v) is 9.67. The SMILES string of the molecule is c1ccc(-c2nc(-c3cccc4c3oc3ccccc34)nc(-c3cccc4c3oc3cccc(-c5ccc(-c6ccccc6)c6sc7ccccc7c56)c34)n2)cc1. The lowest BCUT2D eigenvalue weighted by Crippen LogP contribution is -2.00. The van der Waals surface area contributed by atoms with Crippen molar-refractivity contribution in [3.8, 4) is 56.4 Å². The molecule has 8 aromatic carbocycles. The van der Waals surface area contributed by atoms with Gasteiger partial charge in [-0.2, -0.15) is 0 Å². The number of hydrogen-bond donors (Lipinski definition) is 0.